The van der Waals surface area contributed by atoms with E-state index in [1.807, 2.05) is 0 Å². The third-order valence-electron chi connectivity index (χ3n) is 5.68. The minimum atomic E-state index is 0.579. The van der Waals surface area contributed by atoms with Gasteiger partial charge in [0.2, 0.25) is 0 Å². The van der Waals surface area contributed by atoms with Gasteiger partial charge >= 0.3 is 0 Å². The Hall–Kier alpha value is -0.0400. The van der Waals surface area contributed by atoms with Gasteiger partial charge in [-0.1, -0.05) is 19.3 Å². The molecule has 2 N–H and O–H groups in total. The number of nitrogens with two attached hydrogens (primary N) is 1. The smallest absolute Gasteiger partial charge is 0.00204 e. The highest BCUT2D eigenvalue weighted by atomic mass is 14.6. The molecule has 3 rings (SSSR count). The molecular formula is C14H25N. The molecule has 1 heteroatoms. The van der Waals surface area contributed by atoms with Crippen LogP contribution in [0.15, 0.2) is 0 Å². The van der Waals surface area contributed by atoms with E-state index in [1.165, 1.54) is 44.9 Å². The van der Waals surface area contributed by atoms with Gasteiger partial charge in [-0.2, -0.15) is 0 Å². The molecule has 3 fully saturated rings. The van der Waals surface area contributed by atoms with E-state index in [0.29, 0.717) is 5.41 Å². The first-order valence-corrected chi connectivity index (χ1v) is 7.01. The zero-order valence-corrected chi connectivity index (χ0v) is 9.88. The van der Waals surface area contributed by atoms with Gasteiger partial charge in [0.1, 0.15) is 0 Å². The second-order valence-electron chi connectivity index (χ2n) is 6.55. The Kier molecular flexibility index (Phi) is 2.54. The number of rotatable bonds is 3. The maximum Gasteiger partial charge on any atom is -0.00204 e. The summed E-state index contributed by atoms with van der Waals surface area (Å²) in [4.78, 5) is 0. The fraction of sp³-hybridized carbons (Fsp3) is 1.00. The SMILES string of the molecule is NCC1(CC2CC3CCC2C3)CCCC1. The van der Waals surface area contributed by atoms with Crippen LogP contribution in [0.5, 0.6) is 0 Å². The molecule has 3 saturated carbocycles. The van der Waals surface area contributed by atoms with Crippen LogP contribution in [0.2, 0.25) is 0 Å². The third kappa shape index (κ3) is 1.73. The largest absolute Gasteiger partial charge is 0.330 e. The van der Waals surface area contributed by atoms with E-state index < -0.39 is 0 Å². The molecule has 0 aromatic rings. The van der Waals surface area contributed by atoms with E-state index in [2.05, 4.69) is 0 Å². The summed E-state index contributed by atoms with van der Waals surface area (Å²) in [6.07, 6.45) is 13.4. The van der Waals surface area contributed by atoms with Crippen molar-refractivity contribution in [3.8, 4) is 0 Å². The van der Waals surface area contributed by atoms with Gasteiger partial charge < -0.3 is 5.73 Å². The van der Waals surface area contributed by atoms with Gasteiger partial charge in [-0.15, -0.1) is 0 Å². The minimum Gasteiger partial charge on any atom is -0.330 e. The van der Waals surface area contributed by atoms with Crippen molar-refractivity contribution in [2.24, 2.45) is 28.9 Å². The van der Waals surface area contributed by atoms with Crippen LogP contribution >= 0.6 is 0 Å². The Bertz CT molecular complexity index is 229. The minimum absolute atomic E-state index is 0.579. The van der Waals surface area contributed by atoms with Gasteiger partial charge in [0.05, 0.1) is 0 Å². The lowest BCUT2D eigenvalue weighted by Gasteiger charge is -2.34. The van der Waals surface area contributed by atoms with Crippen molar-refractivity contribution in [3.63, 3.8) is 0 Å². The molecule has 0 radical (unpaired) electrons. The monoisotopic (exact) mass is 207 g/mol. The molecular weight excluding hydrogens is 182 g/mol. The van der Waals surface area contributed by atoms with Crippen LogP contribution in [0.3, 0.4) is 0 Å². The number of hydrogen-bond acceptors (Lipinski definition) is 1. The van der Waals surface area contributed by atoms with Crippen molar-refractivity contribution >= 4 is 0 Å². The third-order valence-corrected chi connectivity index (χ3v) is 5.68. The molecule has 3 aliphatic rings. The van der Waals surface area contributed by atoms with Gasteiger partial charge in [0, 0.05) is 0 Å². The molecule has 0 amide bonds. The van der Waals surface area contributed by atoms with Gasteiger partial charge in [0.25, 0.3) is 0 Å². The van der Waals surface area contributed by atoms with E-state index in [0.717, 1.165) is 24.3 Å². The normalized spacial score (nSPS) is 42.6. The summed E-state index contributed by atoms with van der Waals surface area (Å²) in [5.74, 6) is 3.26. The molecule has 0 aromatic carbocycles. The highest BCUT2D eigenvalue weighted by Gasteiger charge is 2.44. The fourth-order valence-corrected chi connectivity index (χ4v) is 4.80. The Balaban J connectivity index is 1.64. The zero-order chi connectivity index (χ0) is 10.3. The molecule has 0 heterocycles. The molecule has 2 bridgehead atoms. The molecule has 86 valence electrons. The van der Waals surface area contributed by atoms with Crippen LogP contribution in [-0.4, -0.2) is 6.54 Å². The van der Waals surface area contributed by atoms with Crippen LogP contribution in [0, 0.1) is 23.2 Å². The van der Waals surface area contributed by atoms with Gasteiger partial charge in [0.15, 0.2) is 0 Å². The lowest BCUT2D eigenvalue weighted by atomic mass is 9.73. The topological polar surface area (TPSA) is 26.0 Å². The quantitative estimate of drug-likeness (QED) is 0.754. The molecule has 0 saturated heterocycles. The summed E-state index contributed by atoms with van der Waals surface area (Å²) >= 11 is 0. The van der Waals surface area contributed by atoms with Crippen LogP contribution in [-0.2, 0) is 0 Å². The number of fused-ring (bicyclic) bond motifs is 2. The second-order valence-corrected chi connectivity index (χ2v) is 6.55. The molecule has 3 aliphatic carbocycles. The molecule has 15 heavy (non-hydrogen) atoms. The zero-order valence-electron chi connectivity index (χ0n) is 9.88. The summed E-state index contributed by atoms with van der Waals surface area (Å²) in [6.45, 7) is 0.959. The summed E-state index contributed by atoms with van der Waals surface area (Å²) in [5.41, 5.74) is 6.62. The molecule has 3 unspecified atom stereocenters. The summed E-state index contributed by atoms with van der Waals surface area (Å²) in [5, 5.41) is 0. The lowest BCUT2D eigenvalue weighted by Crippen LogP contribution is -2.31. The van der Waals surface area contributed by atoms with Crippen molar-refractivity contribution < 1.29 is 0 Å². The number of hydrogen-bond donors (Lipinski definition) is 1. The Morgan fingerprint density at radius 2 is 1.87 bits per heavy atom. The first-order chi connectivity index (χ1) is 7.31. The van der Waals surface area contributed by atoms with Gasteiger partial charge in [-0.3, -0.25) is 0 Å². The van der Waals surface area contributed by atoms with Crippen LogP contribution in [0.1, 0.15) is 57.8 Å². The average molecular weight is 207 g/mol. The first-order valence-electron chi connectivity index (χ1n) is 7.01. The Labute approximate surface area is 93.8 Å². The highest BCUT2D eigenvalue weighted by Crippen LogP contribution is 2.54. The van der Waals surface area contributed by atoms with Gasteiger partial charge in [-0.25, -0.2) is 0 Å². The molecule has 0 aliphatic heterocycles. The van der Waals surface area contributed by atoms with Crippen molar-refractivity contribution in [2.45, 2.75) is 57.8 Å². The first kappa shape index (κ1) is 10.1. The predicted molar refractivity (Wildman–Crippen MR) is 63.5 cm³/mol. The second kappa shape index (κ2) is 3.76. The van der Waals surface area contributed by atoms with Crippen molar-refractivity contribution in [1.29, 1.82) is 0 Å². The predicted octanol–water partition coefficient (Wildman–Crippen LogP) is 3.33. The van der Waals surface area contributed by atoms with E-state index in [9.17, 15) is 0 Å². The fourth-order valence-electron chi connectivity index (χ4n) is 4.80. The van der Waals surface area contributed by atoms with Crippen molar-refractivity contribution in [3.05, 3.63) is 0 Å². The van der Waals surface area contributed by atoms with E-state index in [1.54, 1.807) is 12.8 Å². The van der Waals surface area contributed by atoms with Crippen LogP contribution in [0.4, 0.5) is 0 Å². The Morgan fingerprint density at radius 1 is 1.07 bits per heavy atom. The average Bonchev–Trinajstić information content (AvgIpc) is 2.93. The Morgan fingerprint density at radius 3 is 2.40 bits per heavy atom. The standard InChI is InChI=1S/C14H25N/c15-10-14(5-1-2-6-14)9-13-8-11-3-4-12(13)7-11/h11-13H,1-10,15H2. The maximum atomic E-state index is 6.05. The van der Waals surface area contributed by atoms with Crippen LogP contribution in [0.25, 0.3) is 0 Å². The maximum absolute atomic E-state index is 6.05. The van der Waals surface area contributed by atoms with E-state index in [-0.39, 0.29) is 0 Å². The summed E-state index contributed by atoms with van der Waals surface area (Å²) in [7, 11) is 0. The van der Waals surface area contributed by atoms with E-state index >= 15 is 0 Å². The molecule has 0 spiro atoms. The molecule has 3 atom stereocenters. The summed E-state index contributed by atoms with van der Waals surface area (Å²) < 4.78 is 0. The lowest BCUT2D eigenvalue weighted by molar-refractivity contribution is 0.183. The van der Waals surface area contributed by atoms with Crippen molar-refractivity contribution in [2.75, 3.05) is 6.54 Å². The van der Waals surface area contributed by atoms with Gasteiger partial charge in [-0.05, 0) is 68.2 Å². The van der Waals surface area contributed by atoms with Crippen LogP contribution < -0.4 is 5.73 Å². The molecule has 1 nitrogen and oxygen atoms in total. The molecule has 0 aromatic heterocycles. The van der Waals surface area contributed by atoms with Crippen molar-refractivity contribution in [1.82, 2.24) is 0 Å². The highest BCUT2D eigenvalue weighted by molar-refractivity contribution is 4.95. The van der Waals surface area contributed by atoms with E-state index in [4.69, 9.17) is 5.73 Å². The summed E-state index contributed by atoms with van der Waals surface area (Å²) in [6, 6.07) is 0.